The van der Waals surface area contributed by atoms with E-state index in [9.17, 15) is 13.2 Å². The van der Waals surface area contributed by atoms with Crippen molar-refractivity contribution in [1.29, 1.82) is 0 Å². The van der Waals surface area contributed by atoms with Crippen LogP contribution in [0.4, 0.5) is 5.82 Å². The Morgan fingerprint density at radius 2 is 2.09 bits per heavy atom. The second-order valence-corrected chi connectivity index (χ2v) is 7.08. The predicted molar refractivity (Wildman–Crippen MR) is 83.4 cm³/mol. The van der Waals surface area contributed by atoms with Gasteiger partial charge in [-0.1, -0.05) is 0 Å². The predicted octanol–water partition coefficient (Wildman–Crippen LogP) is 0.730. The highest BCUT2D eigenvalue weighted by atomic mass is 32.2. The highest BCUT2D eigenvalue weighted by Crippen LogP contribution is 2.20. The molecule has 1 aliphatic heterocycles. The van der Waals surface area contributed by atoms with E-state index in [-0.39, 0.29) is 0 Å². The number of rotatable bonds is 4. The molecule has 0 spiro atoms. The summed E-state index contributed by atoms with van der Waals surface area (Å²) in [6, 6.07) is 3.37. The zero-order valence-corrected chi connectivity index (χ0v) is 13.7. The first-order chi connectivity index (χ1) is 10.4. The Bertz CT molecular complexity index is 633. The number of anilines is 1. The second kappa shape index (κ2) is 7.06. The van der Waals surface area contributed by atoms with Gasteiger partial charge in [-0.05, 0) is 25.5 Å². The molecule has 0 aliphatic carbocycles. The van der Waals surface area contributed by atoms with Crippen molar-refractivity contribution in [3.05, 3.63) is 23.9 Å². The van der Waals surface area contributed by atoms with Gasteiger partial charge in [-0.2, -0.15) is 0 Å². The van der Waals surface area contributed by atoms with Gasteiger partial charge < -0.3 is 9.64 Å². The lowest BCUT2D eigenvalue weighted by molar-refractivity contribution is 0.0526. The van der Waals surface area contributed by atoms with E-state index in [1.165, 1.54) is 10.6 Å². The largest absolute Gasteiger partial charge is 0.462 e. The molecule has 22 heavy (non-hydrogen) atoms. The number of hydrogen-bond acceptors (Lipinski definition) is 6. The van der Waals surface area contributed by atoms with Crippen molar-refractivity contribution in [2.24, 2.45) is 0 Å². The fourth-order valence-electron chi connectivity index (χ4n) is 2.45. The minimum absolute atomic E-state index is 0.301. The SMILES string of the molecule is CCOC(=O)c1cccnc1N1CCCN(S(C)(=O)=O)CC1. The molecule has 2 rings (SSSR count). The fraction of sp³-hybridized carbons (Fsp3) is 0.571. The van der Waals surface area contributed by atoms with E-state index in [1.54, 1.807) is 25.3 Å². The number of ether oxygens (including phenoxy) is 1. The van der Waals surface area contributed by atoms with Gasteiger partial charge in [0.2, 0.25) is 10.0 Å². The van der Waals surface area contributed by atoms with Crippen molar-refractivity contribution in [3.8, 4) is 0 Å². The number of esters is 1. The molecular weight excluding hydrogens is 306 g/mol. The fourth-order valence-corrected chi connectivity index (χ4v) is 3.33. The van der Waals surface area contributed by atoms with Crippen LogP contribution in [0.2, 0.25) is 0 Å². The molecule has 0 aromatic carbocycles. The smallest absolute Gasteiger partial charge is 0.341 e. The first-order valence-corrected chi connectivity index (χ1v) is 9.10. The van der Waals surface area contributed by atoms with Crippen LogP contribution in [-0.4, -0.2) is 62.7 Å². The number of sulfonamides is 1. The number of pyridine rings is 1. The number of hydrogen-bond donors (Lipinski definition) is 0. The van der Waals surface area contributed by atoms with E-state index in [4.69, 9.17) is 4.74 Å². The average Bonchev–Trinajstić information content (AvgIpc) is 2.73. The lowest BCUT2D eigenvalue weighted by Crippen LogP contribution is -2.35. The maximum Gasteiger partial charge on any atom is 0.341 e. The molecular formula is C14H21N3O4S. The van der Waals surface area contributed by atoms with Gasteiger partial charge in [0.1, 0.15) is 11.4 Å². The normalized spacial score (nSPS) is 17.1. The first-order valence-electron chi connectivity index (χ1n) is 7.25. The molecule has 1 aromatic rings. The Morgan fingerprint density at radius 1 is 1.32 bits per heavy atom. The summed E-state index contributed by atoms with van der Waals surface area (Å²) in [6.07, 6.45) is 3.52. The summed E-state index contributed by atoms with van der Waals surface area (Å²) in [5, 5.41) is 0. The van der Waals surface area contributed by atoms with E-state index in [0.29, 0.717) is 50.6 Å². The number of carbonyl (C=O) groups excluding carboxylic acids is 1. The molecule has 7 nitrogen and oxygen atoms in total. The number of nitrogens with zero attached hydrogens (tertiary/aromatic N) is 3. The Kier molecular flexibility index (Phi) is 5.36. The highest BCUT2D eigenvalue weighted by molar-refractivity contribution is 7.88. The quantitative estimate of drug-likeness (QED) is 0.759. The topological polar surface area (TPSA) is 79.8 Å². The summed E-state index contributed by atoms with van der Waals surface area (Å²) in [5.74, 6) is 0.145. The highest BCUT2D eigenvalue weighted by Gasteiger charge is 2.24. The van der Waals surface area contributed by atoms with Gasteiger partial charge in [0, 0.05) is 32.4 Å². The second-order valence-electron chi connectivity index (χ2n) is 5.10. The summed E-state index contributed by atoms with van der Waals surface area (Å²) in [6.45, 7) is 4.07. The van der Waals surface area contributed by atoms with Gasteiger partial charge in [-0.15, -0.1) is 0 Å². The van der Waals surface area contributed by atoms with Crippen molar-refractivity contribution in [2.45, 2.75) is 13.3 Å². The van der Waals surface area contributed by atoms with Gasteiger partial charge in [0.15, 0.2) is 0 Å². The van der Waals surface area contributed by atoms with Crippen LogP contribution in [0, 0.1) is 0 Å². The van der Waals surface area contributed by atoms with Crippen LogP contribution in [-0.2, 0) is 14.8 Å². The van der Waals surface area contributed by atoms with E-state index < -0.39 is 16.0 Å². The molecule has 0 bridgehead atoms. The molecule has 8 heteroatoms. The monoisotopic (exact) mass is 327 g/mol. The Balaban J connectivity index is 2.20. The minimum Gasteiger partial charge on any atom is -0.462 e. The van der Waals surface area contributed by atoms with Gasteiger partial charge >= 0.3 is 5.97 Å². The maximum atomic E-state index is 12.0. The number of aromatic nitrogens is 1. The minimum atomic E-state index is -3.20. The van der Waals surface area contributed by atoms with Gasteiger partial charge in [-0.25, -0.2) is 22.5 Å². The molecule has 0 N–H and O–H groups in total. The van der Waals surface area contributed by atoms with Crippen LogP contribution in [0.1, 0.15) is 23.7 Å². The van der Waals surface area contributed by atoms with Crippen molar-refractivity contribution in [3.63, 3.8) is 0 Å². The molecule has 0 saturated carbocycles. The molecule has 1 aliphatic rings. The molecule has 1 aromatic heterocycles. The van der Waals surface area contributed by atoms with Crippen LogP contribution >= 0.6 is 0 Å². The standard InChI is InChI=1S/C14H21N3O4S/c1-3-21-14(18)12-6-4-7-15-13(12)16-8-5-9-17(11-10-16)22(2,19)20/h4,6-7H,3,5,8-11H2,1-2H3. The molecule has 0 radical (unpaired) electrons. The molecule has 0 atom stereocenters. The molecule has 2 heterocycles. The molecule has 0 amide bonds. The number of carbonyl (C=O) groups is 1. The van der Waals surface area contributed by atoms with E-state index in [2.05, 4.69) is 4.98 Å². The van der Waals surface area contributed by atoms with Crippen LogP contribution in [0.15, 0.2) is 18.3 Å². The third kappa shape index (κ3) is 3.95. The van der Waals surface area contributed by atoms with Crippen LogP contribution < -0.4 is 4.90 Å². The first kappa shape index (κ1) is 16.7. The Labute approximate surface area is 130 Å². The van der Waals surface area contributed by atoms with E-state index in [0.717, 1.165) is 0 Å². The molecule has 122 valence electrons. The summed E-state index contributed by atoms with van der Waals surface area (Å²) in [4.78, 5) is 18.3. The summed E-state index contributed by atoms with van der Waals surface area (Å²) < 4.78 is 29.8. The summed E-state index contributed by atoms with van der Waals surface area (Å²) in [7, 11) is -3.20. The van der Waals surface area contributed by atoms with Crippen molar-refractivity contribution >= 4 is 21.8 Å². The van der Waals surface area contributed by atoms with Crippen LogP contribution in [0.5, 0.6) is 0 Å². The van der Waals surface area contributed by atoms with Crippen LogP contribution in [0.25, 0.3) is 0 Å². The van der Waals surface area contributed by atoms with Gasteiger partial charge in [-0.3, -0.25) is 0 Å². The molecule has 1 fully saturated rings. The third-order valence-electron chi connectivity index (χ3n) is 3.51. The average molecular weight is 327 g/mol. The lowest BCUT2D eigenvalue weighted by Gasteiger charge is -2.23. The lowest BCUT2D eigenvalue weighted by atomic mass is 10.2. The van der Waals surface area contributed by atoms with Crippen molar-refractivity contribution < 1.29 is 17.9 Å². The van der Waals surface area contributed by atoms with Gasteiger partial charge in [0.25, 0.3) is 0 Å². The van der Waals surface area contributed by atoms with Crippen LogP contribution in [0.3, 0.4) is 0 Å². The van der Waals surface area contributed by atoms with Crippen molar-refractivity contribution in [2.75, 3.05) is 43.9 Å². The zero-order valence-electron chi connectivity index (χ0n) is 12.9. The third-order valence-corrected chi connectivity index (χ3v) is 4.81. The zero-order chi connectivity index (χ0) is 16.2. The van der Waals surface area contributed by atoms with Gasteiger partial charge in [0.05, 0.1) is 12.9 Å². The summed E-state index contributed by atoms with van der Waals surface area (Å²) >= 11 is 0. The molecule has 0 unspecified atom stereocenters. The molecule has 1 saturated heterocycles. The van der Waals surface area contributed by atoms with E-state index >= 15 is 0 Å². The van der Waals surface area contributed by atoms with E-state index in [1.807, 2.05) is 4.90 Å². The van der Waals surface area contributed by atoms with Crippen molar-refractivity contribution in [1.82, 2.24) is 9.29 Å². The Morgan fingerprint density at radius 3 is 2.77 bits per heavy atom. The Hall–Kier alpha value is -1.67. The maximum absolute atomic E-state index is 12.0. The summed E-state index contributed by atoms with van der Waals surface area (Å²) in [5.41, 5.74) is 0.414.